The fourth-order valence-corrected chi connectivity index (χ4v) is 3.07. The average Bonchev–Trinajstić information content (AvgIpc) is 3.01. The maximum atomic E-state index is 13.0. The number of aryl methyl sites for hydroxylation is 1. The van der Waals surface area contributed by atoms with Crippen LogP contribution in [-0.2, 0) is 6.54 Å². The molecule has 0 amide bonds. The van der Waals surface area contributed by atoms with Gasteiger partial charge in [0, 0.05) is 25.2 Å². The van der Waals surface area contributed by atoms with Crippen molar-refractivity contribution in [1.29, 1.82) is 0 Å². The van der Waals surface area contributed by atoms with Gasteiger partial charge in [0.1, 0.15) is 11.3 Å². The highest BCUT2D eigenvalue weighted by Gasteiger charge is 2.17. The Labute approximate surface area is 140 Å². The van der Waals surface area contributed by atoms with Crippen molar-refractivity contribution in [3.05, 3.63) is 71.4 Å². The van der Waals surface area contributed by atoms with Gasteiger partial charge in [0.15, 0.2) is 5.58 Å². The Morgan fingerprint density at radius 2 is 2.00 bits per heavy atom. The Morgan fingerprint density at radius 1 is 1.17 bits per heavy atom. The van der Waals surface area contributed by atoms with Crippen LogP contribution in [0.4, 0.5) is 4.39 Å². The first-order valence-corrected chi connectivity index (χ1v) is 8.21. The molecule has 1 aromatic heterocycles. The second kappa shape index (κ2) is 6.21. The third kappa shape index (κ3) is 3.10. The van der Waals surface area contributed by atoms with Gasteiger partial charge in [0.25, 0.3) is 0 Å². The minimum absolute atomic E-state index is 0.189. The van der Waals surface area contributed by atoms with E-state index in [1.807, 2.05) is 30.3 Å². The van der Waals surface area contributed by atoms with Gasteiger partial charge in [-0.05, 0) is 48.7 Å². The fraction of sp³-hybridized carbons (Fsp3) is 0.250. The summed E-state index contributed by atoms with van der Waals surface area (Å²) in [5.74, 6) is 0.544. The van der Waals surface area contributed by atoms with E-state index in [-0.39, 0.29) is 5.82 Å². The van der Waals surface area contributed by atoms with Crippen LogP contribution in [0.5, 0.6) is 0 Å². The maximum Gasteiger partial charge on any atom is 0.222 e. The van der Waals surface area contributed by atoms with Crippen molar-refractivity contribution in [3.8, 4) is 0 Å². The predicted molar refractivity (Wildman–Crippen MR) is 93.0 cm³/mol. The summed E-state index contributed by atoms with van der Waals surface area (Å²) >= 11 is 0. The molecule has 0 aliphatic carbocycles. The third-order valence-corrected chi connectivity index (χ3v) is 4.43. The summed E-state index contributed by atoms with van der Waals surface area (Å²) in [5, 5.41) is 0. The van der Waals surface area contributed by atoms with Gasteiger partial charge >= 0.3 is 0 Å². The Hall–Kier alpha value is -2.46. The molecule has 0 atom stereocenters. The van der Waals surface area contributed by atoms with Crippen LogP contribution >= 0.6 is 0 Å². The summed E-state index contributed by atoms with van der Waals surface area (Å²) in [4.78, 5) is 6.96. The van der Waals surface area contributed by atoms with E-state index >= 15 is 0 Å². The smallest absolute Gasteiger partial charge is 0.222 e. The second-order valence-electron chi connectivity index (χ2n) is 6.33. The zero-order valence-electron chi connectivity index (χ0n) is 13.6. The van der Waals surface area contributed by atoms with Crippen molar-refractivity contribution >= 4 is 16.7 Å². The first-order valence-electron chi connectivity index (χ1n) is 8.21. The van der Waals surface area contributed by atoms with Crippen LogP contribution in [0.3, 0.4) is 0 Å². The fourth-order valence-electron chi connectivity index (χ4n) is 3.07. The first-order chi connectivity index (χ1) is 11.7. The average molecular weight is 322 g/mol. The van der Waals surface area contributed by atoms with Crippen molar-refractivity contribution in [1.82, 2.24) is 9.88 Å². The molecule has 0 unspecified atom stereocenters. The zero-order valence-corrected chi connectivity index (χ0v) is 13.6. The molecule has 3 nitrogen and oxygen atoms in total. The van der Waals surface area contributed by atoms with Crippen LogP contribution in [-0.4, -0.2) is 23.0 Å². The van der Waals surface area contributed by atoms with E-state index in [0.29, 0.717) is 0 Å². The number of hydrogen-bond acceptors (Lipinski definition) is 3. The lowest BCUT2D eigenvalue weighted by Crippen LogP contribution is -2.28. The number of oxazole rings is 1. The van der Waals surface area contributed by atoms with E-state index in [1.54, 1.807) is 0 Å². The van der Waals surface area contributed by atoms with Crippen LogP contribution in [0.2, 0.25) is 0 Å². The Kier molecular flexibility index (Phi) is 3.90. The maximum absolute atomic E-state index is 13.0. The summed E-state index contributed by atoms with van der Waals surface area (Å²) in [6, 6.07) is 12.8. The SMILES string of the molecule is Cc1ccc2oc(C3=CCN(Cc4ccc(F)cc4)CC3)nc2c1. The molecule has 1 aliphatic rings. The highest BCUT2D eigenvalue weighted by Crippen LogP contribution is 2.26. The Bertz CT molecular complexity index is 896. The van der Waals surface area contributed by atoms with Gasteiger partial charge in [0.05, 0.1) is 0 Å². The lowest BCUT2D eigenvalue weighted by atomic mass is 10.1. The molecule has 4 rings (SSSR count). The largest absolute Gasteiger partial charge is 0.436 e. The van der Waals surface area contributed by atoms with Gasteiger partial charge in [-0.15, -0.1) is 0 Å². The number of aromatic nitrogens is 1. The predicted octanol–water partition coefficient (Wildman–Crippen LogP) is 4.56. The molecular formula is C20H19FN2O. The number of rotatable bonds is 3. The van der Waals surface area contributed by atoms with Gasteiger partial charge in [-0.2, -0.15) is 0 Å². The molecule has 2 heterocycles. The highest BCUT2D eigenvalue weighted by atomic mass is 19.1. The zero-order chi connectivity index (χ0) is 16.5. The summed E-state index contributed by atoms with van der Waals surface area (Å²) < 4.78 is 18.9. The molecule has 0 saturated heterocycles. The lowest BCUT2D eigenvalue weighted by molar-refractivity contribution is 0.292. The molecule has 0 radical (unpaired) electrons. The minimum atomic E-state index is -0.189. The van der Waals surface area contributed by atoms with E-state index < -0.39 is 0 Å². The molecule has 0 bridgehead atoms. The molecular weight excluding hydrogens is 303 g/mol. The van der Waals surface area contributed by atoms with E-state index in [2.05, 4.69) is 22.9 Å². The molecule has 0 fully saturated rings. The molecule has 0 spiro atoms. The van der Waals surface area contributed by atoms with Crippen molar-refractivity contribution < 1.29 is 8.81 Å². The van der Waals surface area contributed by atoms with Crippen LogP contribution in [0.15, 0.2) is 53.0 Å². The number of fused-ring (bicyclic) bond motifs is 1. The quantitative estimate of drug-likeness (QED) is 0.707. The monoisotopic (exact) mass is 322 g/mol. The van der Waals surface area contributed by atoms with Crippen molar-refractivity contribution in [3.63, 3.8) is 0 Å². The summed E-state index contributed by atoms with van der Waals surface area (Å²) in [6.45, 7) is 4.68. The van der Waals surface area contributed by atoms with E-state index in [4.69, 9.17) is 4.42 Å². The van der Waals surface area contributed by atoms with Crippen LogP contribution in [0.1, 0.15) is 23.4 Å². The second-order valence-corrected chi connectivity index (χ2v) is 6.33. The van der Waals surface area contributed by atoms with Gasteiger partial charge in [-0.1, -0.05) is 24.3 Å². The van der Waals surface area contributed by atoms with E-state index in [0.717, 1.165) is 48.6 Å². The molecule has 0 N–H and O–H groups in total. The highest BCUT2D eigenvalue weighted by molar-refractivity contribution is 5.76. The Balaban J connectivity index is 1.48. The van der Waals surface area contributed by atoms with Crippen LogP contribution in [0.25, 0.3) is 16.7 Å². The number of halogens is 1. The first kappa shape index (κ1) is 15.1. The van der Waals surface area contributed by atoms with Crippen LogP contribution < -0.4 is 0 Å². The van der Waals surface area contributed by atoms with Crippen molar-refractivity contribution in [2.75, 3.05) is 13.1 Å². The molecule has 122 valence electrons. The van der Waals surface area contributed by atoms with Crippen molar-refractivity contribution in [2.45, 2.75) is 19.9 Å². The summed E-state index contributed by atoms with van der Waals surface area (Å²) in [5.41, 5.74) is 5.24. The normalized spacial score (nSPS) is 15.7. The van der Waals surface area contributed by atoms with Crippen molar-refractivity contribution in [2.24, 2.45) is 0 Å². The molecule has 2 aromatic carbocycles. The molecule has 4 heteroatoms. The molecule has 3 aromatic rings. The van der Waals surface area contributed by atoms with Gasteiger partial charge in [0.2, 0.25) is 5.89 Å². The molecule has 0 saturated carbocycles. The van der Waals surface area contributed by atoms with Gasteiger partial charge in [-0.25, -0.2) is 9.37 Å². The molecule has 1 aliphatic heterocycles. The van der Waals surface area contributed by atoms with E-state index in [9.17, 15) is 4.39 Å². The number of hydrogen-bond donors (Lipinski definition) is 0. The topological polar surface area (TPSA) is 29.3 Å². The Morgan fingerprint density at radius 3 is 2.75 bits per heavy atom. The number of benzene rings is 2. The van der Waals surface area contributed by atoms with Crippen LogP contribution in [0, 0.1) is 12.7 Å². The lowest BCUT2D eigenvalue weighted by Gasteiger charge is -2.25. The minimum Gasteiger partial charge on any atom is -0.436 e. The third-order valence-electron chi connectivity index (χ3n) is 4.43. The van der Waals surface area contributed by atoms with E-state index in [1.165, 1.54) is 23.3 Å². The van der Waals surface area contributed by atoms with Gasteiger partial charge < -0.3 is 4.42 Å². The van der Waals surface area contributed by atoms with Gasteiger partial charge in [-0.3, -0.25) is 4.90 Å². The standard InChI is InChI=1S/C20H19FN2O/c1-14-2-7-19-18(12-14)22-20(24-19)16-8-10-23(11-9-16)13-15-3-5-17(21)6-4-15/h2-8,12H,9-11,13H2,1H3. The molecule has 24 heavy (non-hydrogen) atoms. The summed E-state index contributed by atoms with van der Waals surface area (Å²) in [6.07, 6.45) is 3.09. The number of nitrogens with zero attached hydrogens (tertiary/aromatic N) is 2. The summed E-state index contributed by atoms with van der Waals surface area (Å²) in [7, 11) is 0.